The molecule has 0 saturated heterocycles. The first-order chi connectivity index (χ1) is 11.1. The molecule has 0 aliphatic heterocycles. The van der Waals surface area contributed by atoms with Gasteiger partial charge in [0.25, 0.3) is 5.91 Å². The summed E-state index contributed by atoms with van der Waals surface area (Å²) in [5, 5.41) is 7.29. The third kappa shape index (κ3) is 3.17. The lowest BCUT2D eigenvalue weighted by molar-refractivity contribution is 0.102. The van der Waals surface area contributed by atoms with Crippen molar-refractivity contribution in [2.75, 3.05) is 5.32 Å². The monoisotopic (exact) mass is 370 g/mol. The van der Waals surface area contributed by atoms with Crippen molar-refractivity contribution in [1.82, 2.24) is 14.8 Å². The molecule has 0 unspecified atom stereocenters. The summed E-state index contributed by atoms with van der Waals surface area (Å²) < 4.78 is 2.85. The van der Waals surface area contributed by atoms with E-state index >= 15 is 0 Å². The maximum absolute atomic E-state index is 12.2. The third-order valence-corrected chi connectivity index (χ3v) is 4.64. The Kier molecular flexibility index (Phi) is 4.25. The summed E-state index contributed by atoms with van der Waals surface area (Å²) in [6, 6.07) is 10.9. The summed E-state index contributed by atoms with van der Waals surface area (Å²) in [7, 11) is 0. The molecule has 2 heterocycles. The Balaban J connectivity index is 1.82. The highest BCUT2D eigenvalue weighted by Gasteiger charge is 2.11. The van der Waals surface area contributed by atoms with Crippen molar-refractivity contribution in [2.24, 2.45) is 0 Å². The van der Waals surface area contributed by atoms with Crippen LogP contribution in [-0.4, -0.2) is 20.7 Å². The van der Waals surface area contributed by atoms with Crippen LogP contribution in [0.25, 0.3) is 5.69 Å². The molecule has 2 aromatic heterocycles. The number of benzene rings is 1. The van der Waals surface area contributed by atoms with Crippen LogP contribution in [0.5, 0.6) is 0 Å². The van der Waals surface area contributed by atoms with Gasteiger partial charge in [-0.1, -0.05) is 0 Å². The molecule has 0 saturated carbocycles. The average Bonchev–Trinajstić information content (AvgIpc) is 2.83. The number of hydrogen-bond donors (Lipinski definition) is 1. The van der Waals surface area contributed by atoms with Gasteiger partial charge in [-0.2, -0.15) is 5.10 Å². The first-order valence-electron chi connectivity index (χ1n) is 7.10. The number of halogens is 1. The van der Waals surface area contributed by atoms with Crippen molar-refractivity contribution >= 4 is 27.5 Å². The molecule has 3 aromatic rings. The predicted octanol–water partition coefficient (Wildman–Crippen LogP) is 3.90. The zero-order chi connectivity index (χ0) is 16.4. The van der Waals surface area contributed by atoms with E-state index in [-0.39, 0.29) is 5.91 Å². The van der Waals surface area contributed by atoms with Gasteiger partial charge < -0.3 is 5.32 Å². The number of anilines is 1. The van der Waals surface area contributed by atoms with Gasteiger partial charge in [-0.15, -0.1) is 0 Å². The molecule has 5 nitrogen and oxygen atoms in total. The zero-order valence-corrected chi connectivity index (χ0v) is 14.3. The highest BCUT2D eigenvalue weighted by molar-refractivity contribution is 9.10. The van der Waals surface area contributed by atoms with Crippen molar-refractivity contribution < 1.29 is 4.79 Å². The number of rotatable bonds is 3. The quantitative estimate of drug-likeness (QED) is 0.760. The number of nitrogens with one attached hydrogen (secondary N) is 1. The van der Waals surface area contributed by atoms with E-state index < -0.39 is 0 Å². The number of pyridine rings is 1. The minimum absolute atomic E-state index is 0.168. The summed E-state index contributed by atoms with van der Waals surface area (Å²) in [5.41, 5.74) is 4.12. The minimum Gasteiger partial charge on any atom is -0.321 e. The average molecular weight is 371 g/mol. The summed E-state index contributed by atoms with van der Waals surface area (Å²) >= 11 is 3.52. The zero-order valence-electron chi connectivity index (χ0n) is 12.7. The fourth-order valence-corrected chi connectivity index (χ4v) is 2.52. The second-order valence-electron chi connectivity index (χ2n) is 5.14. The fraction of sp³-hybridized carbons (Fsp3) is 0.118. The van der Waals surface area contributed by atoms with Gasteiger partial charge in [0, 0.05) is 11.8 Å². The van der Waals surface area contributed by atoms with Crippen LogP contribution >= 0.6 is 15.9 Å². The number of aromatic nitrogens is 3. The molecule has 116 valence electrons. The number of carbonyl (C=O) groups is 1. The Bertz CT molecular complexity index is 841. The summed E-state index contributed by atoms with van der Waals surface area (Å²) in [5.74, 6) is -0.168. The first kappa shape index (κ1) is 15.4. The van der Waals surface area contributed by atoms with Crippen molar-refractivity contribution in [2.45, 2.75) is 13.8 Å². The number of nitrogens with zero attached hydrogens (tertiary/aromatic N) is 3. The summed E-state index contributed by atoms with van der Waals surface area (Å²) in [6.07, 6.45) is 3.27. The second kappa shape index (κ2) is 6.34. The molecule has 3 rings (SSSR count). The van der Waals surface area contributed by atoms with E-state index in [1.807, 2.05) is 30.7 Å². The topological polar surface area (TPSA) is 59.8 Å². The van der Waals surface area contributed by atoms with Gasteiger partial charge in [0.2, 0.25) is 0 Å². The van der Waals surface area contributed by atoms with Gasteiger partial charge in [-0.05, 0) is 66.2 Å². The van der Waals surface area contributed by atoms with Crippen LogP contribution in [-0.2, 0) is 0 Å². The normalized spacial score (nSPS) is 10.6. The van der Waals surface area contributed by atoms with Crippen molar-refractivity contribution in [3.05, 3.63) is 70.2 Å². The van der Waals surface area contributed by atoms with E-state index in [9.17, 15) is 4.79 Å². The maximum atomic E-state index is 12.2. The molecular formula is C17H15BrN4O. The molecule has 0 fully saturated rings. The summed E-state index contributed by atoms with van der Waals surface area (Å²) in [4.78, 5) is 16.2. The van der Waals surface area contributed by atoms with E-state index in [1.54, 1.807) is 36.7 Å². The Morgan fingerprint density at radius 3 is 2.48 bits per heavy atom. The van der Waals surface area contributed by atoms with E-state index in [0.29, 0.717) is 11.3 Å². The van der Waals surface area contributed by atoms with Crippen LogP contribution in [0.1, 0.15) is 21.7 Å². The highest BCUT2D eigenvalue weighted by Crippen LogP contribution is 2.23. The van der Waals surface area contributed by atoms with Crippen LogP contribution in [0.4, 0.5) is 5.69 Å². The number of hydrogen-bond acceptors (Lipinski definition) is 3. The van der Waals surface area contributed by atoms with E-state index in [4.69, 9.17) is 0 Å². The van der Waals surface area contributed by atoms with Crippen molar-refractivity contribution in [3.8, 4) is 5.69 Å². The first-order valence-corrected chi connectivity index (χ1v) is 7.89. The Morgan fingerprint density at radius 2 is 1.91 bits per heavy atom. The molecule has 23 heavy (non-hydrogen) atoms. The van der Waals surface area contributed by atoms with Gasteiger partial charge in [0.1, 0.15) is 0 Å². The van der Waals surface area contributed by atoms with Crippen LogP contribution in [0.3, 0.4) is 0 Å². The lowest BCUT2D eigenvalue weighted by Gasteiger charge is -2.07. The number of carbonyl (C=O) groups excluding carboxylic acids is 1. The number of amides is 1. The molecule has 1 aromatic carbocycles. The predicted molar refractivity (Wildman–Crippen MR) is 92.9 cm³/mol. The van der Waals surface area contributed by atoms with E-state index in [0.717, 1.165) is 21.5 Å². The van der Waals surface area contributed by atoms with Crippen LogP contribution in [0, 0.1) is 13.8 Å². The highest BCUT2D eigenvalue weighted by atomic mass is 79.9. The molecule has 1 amide bonds. The van der Waals surface area contributed by atoms with Crippen LogP contribution in [0.2, 0.25) is 0 Å². The molecule has 0 spiro atoms. The molecule has 0 aliphatic rings. The fourth-order valence-electron chi connectivity index (χ4n) is 2.27. The van der Waals surface area contributed by atoms with Crippen molar-refractivity contribution in [1.29, 1.82) is 0 Å². The minimum atomic E-state index is -0.168. The van der Waals surface area contributed by atoms with Gasteiger partial charge in [-0.25, -0.2) is 4.68 Å². The lowest BCUT2D eigenvalue weighted by atomic mass is 10.2. The maximum Gasteiger partial charge on any atom is 0.255 e. The Morgan fingerprint density at radius 1 is 1.17 bits per heavy atom. The van der Waals surface area contributed by atoms with Gasteiger partial charge >= 0.3 is 0 Å². The standard InChI is InChI=1S/C17H15BrN4O/c1-11-16(18)12(2)22(21-11)15-7-5-13(6-8-15)17(23)20-14-4-3-9-19-10-14/h3-10H,1-2H3,(H,20,23). The molecule has 0 bridgehead atoms. The molecule has 1 N–H and O–H groups in total. The largest absolute Gasteiger partial charge is 0.321 e. The molecule has 6 heteroatoms. The number of aryl methyl sites for hydroxylation is 1. The summed E-state index contributed by atoms with van der Waals surface area (Å²) in [6.45, 7) is 3.94. The smallest absolute Gasteiger partial charge is 0.255 e. The lowest BCUT2D eigenvalue weighted by Crippen LogP contribution is -2.12. The third-order valence-electron chi connectivity index (χ3n) is 3.50. The van der Waals surface area contributed by atoms with E-state index in [2.05, 4.69) is 31.3 Å². The van der Waals surface area contributed by atoms with Gasteiger partial charge in [0.15, 0.2) is 0 Å². The molecular weight excluding hydrogens is 356 g/mol. The Hall–Kier alpha value is -2.47. The van der Waals surface area contributed by atoms with Crippen LogP contribution in [0.15, 0.2) is 53.3 Å². The van der Waals surface area contributed by atoms with Crippen LogP contribution < -0.4 is 5.32 Å². The molecule has 0 radical (unpaired) electrons. The van der Waals surface area contributed by atoms with Gasteiger partial charge in [0.05, 0.1) is 33.4 Å². The van der Waals surface area contributed by atoms with E-state index in [1.165, 1.54) is 0 Å². The molecule has 0 atom stereocenters. The molecule has 0 aliphatic carbocycles. The Labute approximate surface area is 142 Å². The van der Waals surface area contributed by atoms with Crippen molar-refractivity contribution in [3.63, 3.8) is 0 Å². The second-order valence-corrected chi connectivity index (χ2v) is 5.93. The SMILES string of the molecule is Cc1nn(-c2ccc(C(=O)Nc3cccnc3)cc2)c(C)c1Br. The van der Waals surface area contributed by atoms with Gasteiger partial charge in [-0.3, -0.25) is 9.78 Å².